The molecule has 1 aliphatic rings. The van der Waals surface area contributed by atoms with Gasteiger partial charge in [0.25, 0.3) is 5.91 Å². The summed E-state index contributed by atoms with van der Waals surface area (Å²) < 4.78 is 27.1. The van der Waals surface area contributed by atoms with E-state index in [1.807, 2.05) is 0 Å². The lowest BCUT2D eigenvalue weighted by molar-refractivity contribution is 0.0649. The van der Waals surface area contributed by atoms with E-state index in [-0.39, 0.29) is 11.5 Å². The summed E-state index contributed by atoms with van der Waals surface area (Å²) in [5, 5.41) is 0.736. The first-order chi connectivity index (χ1) is 12.3. The molecule has 2 aromatic carbocycles. The number of hydrogen-bond acceptors (Lipinski definition) is 2. The third-order valence-corrected chi connectivity index (χ3v) is 4.89. The van der Waals surface area contributed by atoms with Crippen LogP contribution in [0.5, 0.6) is 0 Å². The molecule has 0 N–H and O–H groups in total. The average Bonchev–Trinajstić information content (AvgIpc) is 2.62. The van der Waals surface area contributed by atoms with E-state index in [0.717, 1.165) is 18.2 Å². The Labute approximate surface area is 159 Å². The predicted octanol–water partition coefficient (Wildman–Crippen LogP) is 5.01. The number of Topliss-reactive ketones (excluding diaryl/α,β-unsaturated/α-hetero) is 1. The molecule has 0 bridgehead atoms. The summed E-state index contributed by atoms with van der Waals surface area (Å²) in [7, 11) is 0. The predicted molar refractivity (Wildman–Crippen MR) is 95.8 cm³/mol. The fourth-order valence-electron chi connectivity index (χ4n) is 3.11. The van der Waals surface area contributed by atoms with Crippen molar-refractivity contribution < 1.29 is 18.4 Å². The van der Waals surface area contributed by atoms with Crippen LogP contribution in [0, 0.1) is 17.6 Å². The Morgan fingerprint density at radius 2 is 1.58 bits per heavy atom. The molecule has 1 saturated heterocycles. The van der Waals surface area contributed by atoms with E-state index in [4.69, 9.17) is 23.2 Å². The van der Waals surface area contributed by atoms with Crippen molar-refractivity contribution in [1.82, 2.24) is 4.90 Å². The van der Waals surface area contributed by atoms with Gasteiger partial charge in [-0.05, 0) is 49.2 Å². The number of amides is 1. The van der Waals surface area contributed by atoms with Crippen LogP contribution in [0.4, 0.5) is 8.78 Å². The maximum atomic E-state index is 13.8. The molecule has 26 heavy (non-hydrogen) atoms. The van der Waals surface area contributed by atoms with Gasteiger partial charge in [0.1, 0.15) is 11.6 Å². The molecule has 3 nitrogen and oxygen atoms in total. The number of likely N-dealkylation sites (tertiary alicyclic amines) is 1. The molecule has 1 amide bonds. The van der Waals surface area contributed by atoms with Gasteiger partial charge in [-0.3, -0.25) is 9.59 Å². The van der Waals surface area contributed by atoms with Gasteiger partial charge in [0.2, 0.25) is 0 Å². The monoisotopic (exact) mass is 397 g/mol. The lowest BCUT2D eigenvalue weighted by Crippen LogP contribution is -2.40. The molecule has 0 unspecified atom stereocenters. The summed E-state index contributed by atoms with van der Waals surface area (Å²) in [4.78, 5) is 26.6. The average molecular weight is 398 g/mol. The second kappa shape index (κ2) is 7.72. The minimum absolute atomic E-state index is 0.225. The molecule has 7 heteroatoms. The molecule has 0 aromatic heterocycles. The van der Waals surface area contributed by atoms with Crippen LogP contribution in [0.2, 0.25) is 10.0 Å². The first-order valence-electron chi connectivity index (χ1n) is 8.10. The molecule has 0 atom stereocenters. The Balaban J connectivity index is 1.68. The Kier molecular flexibility index (Phi) is 5.58. The topological polar surface area (TPSA) is 37.4 Å². The van der Waals surface area contributed by atoms with Crippen LogP contribution in [0.15, 0.2) is 36.4 Å². The standard InChI is InChI=1S/C19H15Cl2F2NO2/c20-13-7-12(8-14(21)9-13)19(26)24-5-3-11(4-6-24)18(25)16-10-15(22)1-2-17(16)23/h1-2,7-11H,3-6H2. The Morgan fingerprint density at radius 3 is 2.19 bits per heavy atom. The van der Waals surface area contributed by atoms with Crippen LogP contribution >= 0.6 is 23.2 Å². The zero-order chi connectivity index (χ0) is 18.8. The summed E-state index contributed by atoms with van der Waals surface area (Å²) in [6.45, 7) is 0.687. The highest BCUT2D eigenvalue weighted by Crippen LogP contribution is 2.26. The van der Waals surface area contributed by atoms with Gasteiger partial charge in [-0.15, -0.1) is 0 Å². The molecule has 0 spiro atoms. The molecular weight excluding hydrogens is 383 g/mol. The largest absolute Gasteiger partial charge is 0.339 e. The molecule has 1 fully saturated rings. The van der Waals surface area contributed by atoms with E-state index in [1.165, 1.54) is 12.1 Å². The first kappa shape index (κ1) is 18.8. The highest BCUT2D eigenvalue weighted by Gasteiger charge is 2.30. The van der Waals surface area contributed by atoms with Crippen LogP contribution < -0.4 is 0 Å². The van der Waals surface area contributed by atoms with Gasteiger partial charge in [0, 0.05) is 34.6 Å². The first-order valence-corrected chi connectivity index (χ1v) is 8.85. The van der Waals surface area contributed by atoms with Gasteiger partial charge in [-0.1, -0.05) is 23.2 Å². The highest BCUT2D eigenvalue weighted by atomic mass is 35.5. The smallest absolute Gasteiger partial charge is 0.253 e. The minimum atomic E-state index is -0.733. The highest BCUT2D eigenvalue weighted by molar-refractivity contribution is 6.35. The number of halogens is 4. The fourth-order valence-corrected chi connectivity index (χ4v) is 3.64. The van der Waals surface area contributed by atoms with E-state index in [2.05, 4.69) is 0 Å². The van der Waals surface area contributed by atoms with Crippen molar-refractivity contribution in [2.45, 2.75) is 12.8 Å². The molecule has 0 aliphatic carbocycles. The van der Waals surface area contributed by atoms with Crippen molar-refractivity contribution in [3.63, 3.8) is 0 Å². The van der Waals surface area contributed by atoms with Crippen molar-refractivity contribution in [1.29, 1.82) is 0 Å². The van der Waals surface area contributed by atoms with E-state index in [0.29, 0.717) is 41.5 Å². The molecule has 1 aliphatic heterocycles. The van der Waals surface area contributed by atoms with Gasteiger partial charge in [-0.2, -0.15) is 0 Å². The molecule has 1 heterocycles. The molecule has 3 rings (SSSR count). The minimum Gasteiger partial charge on any atom is -0.339 e. The summed E-state index contributed by atoms with van der Waals surface area (Å²) >= 11 is 11.9. The fraction of sp³-hybridized carbons (Fsp3) is 0.263. The summed E-state index contributed by atoms with van der Waals surface area (Å²) in [6, 6.07) is 7.46. The van der Waals surface area contributed by atoms with E-state index in [9.17, 15) is 18.4 Å². The second-order valence-electron chi connectivity index (χ2n) is 6.21. The number of carbonyl (C=O) groups is 2. The summed E-state index contributed by atoms with van der Waals surface area (Å²) in [6.07, 6.45) is 0.768. The summed E-state index contributed by atoms with van der Waals surface area (Å²) in [5.74, 6) is -2.49. The van der Waals surface area contributed by atoms with Crippen LogP contribution in [-0.2, 0) is 0 Å². The molecule has 136 valence electrons. The zero-order valence-electron chi connectivity index (χ0n) is 13.6. The Bertz CT molecular complexity index is 844. The molecular formula is C19H15Cl2F2NO2. The van der Waals surface area contributed by atoms with E-state index < -0.39 is 23.3 Å². The van der Waals surface area contributed by atoms with Crippen molar-refractivity contribution in [3.8, 4) is 0 Å². The van der Waals surface area contributed by atoms with E-state index in [1.54, 1.807) is 11.0 Å². The SMILES string of the molecule is O=C(c1cc(F)ccc1F)C1CCN(C(=O)c2cc(Cl)cc(Cl)c2)CC1. The van der Waals surface area contributed by atoms with Gasteiger partial charge in [-0.25, -0.2) is 8.78 Å². The van der Waals surface area contributed by atoms with E-state index >= 15 is 0 Å². The molecule has 2 aromatic rings. The number of piperidine rings is 1. The van der Waals surface area contributed by atoms with Crippen molar-refractivity contribution in [2.24, 2.45) is 5.92 Å². The van der Waals surface area contributed by atoms with Crippen LogP contribution in [0.3, 0.4) is 0 Å². The van der Waals surface area contributed by atoms with Crippen LogP contribution in [0.1, 0.15) is 33.6 Å². The number of benzene rings is 2. The number of ketones is 1. The Hall–Kier alpha value is -1.98. The third kappa shape index (κ3) is 4.05. The molecule has 0 saturated carbocycles. The Morgan fingerprint density at radius 1 is 0.962 bits per heavy atom. The van der Waals surface area contributed by atoms with Gasteiger partial charge < -0.3 is 4.90 Å². The second-order valence-corrected chi connectivity index (χ2v) is 7.09. The number of hydrogen-bond donors (Lipinski definition) is 0. The van der Waals surface area contributed by atoms with Crippen molar-refractivity contribution in [2.75, 3.05) is 13.1 Å². The lowest BCUT2D eigenvalue weighted by atomic mass is 9.88. The third-order valence-electron chi connectivity index (χ3n) is 4.46. The number of nitrogens with zero attached hydrogens (tertiary/aromatic N) is 1. The maximum Gasteiger partial charge on any atom is 0.253 e. The van der Waals surface area contributed by atoms with Crippen molar-refractivity contribution >= 4 is 34.9 Å². The van der Waals surface area contributed by atoms with Crippen LogP contribution in [0.25, 0.3) is 0 Å². The maximum absolute atomic E-state index is 13.8. The normalized spacial score (nSPS) is 15.2. The van der Waals surface area contributed by atoms with Crippen molar-refractivity contribution in [3.05, 3.63) is 69.2 Å². The quantitative estimate of drug-likeness (QED) is 0.682. The number of carbonyl (C=O) groups excluding carboxylic acids is 2. The van der Waals surface area contributed by atoms with Gasteiger partial charge >= 0.3 is 0 Å². The molecule has 0 radical (unpaired) electrons. The number of rotatable bonds is 3. The van der Waals surface area contributed by atoms with Crippen LogP contribution in [-0.4, -0.2) is 29.7 Å². The summed E-state index contributed by atoms with van der Waals surface area (Å²) in [5.41, 5.74) is 0.139. The van der Waals surface area contributed by atoms with Gasteiger partial charge in [0.05, 0.1) is 5.56 Å². The van der Waals surface area contributed by atoms with Gasteiger partial charge in [0.15, 0.2) is 5.78 Å². The zero-order valence-corrected chi connectivity index (χ0v) is 15.2. The lowest BCUT2D eigenvalue weighted by Gasteiger charge is -2.31.